The van der Waals surface area contributed by atoms with Gasteiger partial charge in [-0.3, -0.25) is 0 Å². The Balaban J connectivity index is 1.44. The molecular weight excluding hydrogens is 500 g/mol. The molecule has 0 amide bonds. The summed E-state index contributed by atoms with van der Waals surface area (Å²) in [6.07, 6.45) is 13.0. The Labute approximate surface area is 231 Å². The molecule has 0 aliphatic heterocycles. The molecule has 3 aromatic rings. The van der Waals surface area contributed by atoms with Crippen LogP contribution in [0.3, 0.4) is 0 Å². The summed E-state index contributed by atoms with van der Waals surface area (Å²) in [6, 6.07) is 15.3. The van der Waals surface area contributed by atoms with Crippen molar-refractivity contribution in [2.24, 2.45) is 0 Å². The third-order valence-electron chi connectivity index (χ3n) is 6.27. The van der Waals surface area contributed by atoms with E-state index in [0.717, 1.165) is 29.5 Å². The summed E-state index contributed by atoms with van der Waals surface area (Å²) < 4.78 is 16.1. The molecule has 204 valence electrons. The van der Waals surface area contributed by atoms with E-state index < -0.39 is 6.16 Å². The maximum atomic E-state index is 11.8. The first-order valence-electron chi connectivity index (χ1n) is 13.7. The number of alkyl halides is 1. The molecule has 1 atom stereocenters. The average Bonchev–Trinajstić information content (AvgIpc) is 2.95. The summed E-state index contributed by atoms with van der Waals surface area (Å²) in [6.45, 7) is 5.17. The predicted octanol–water partition coefficient (Wildman–Crippen LogP) is 8.86. The van der Waals surface area contributed by atoms with Crippen molar-refractivity contribution >= 4 is 17.8 Å². The van der Waals surface area contributed by atoms with E-state index in [1.807, 2.05) is 43.3 Å². The highest BCUT2D eigenvalue weighted by molar-refractivity contribution is 6.20. The molecule has 1 aromatic heterocycles. The van der Waals surface area contributed by atoms with E-state index in [2.05, 4.69) is 16.9 Å². The molecule has 0 fully saturated rings. The molecule has 38 heavy (non-hydrogen) atoms. The van der Waals surface area contributed by atoms with Crippen molar-refractivity contribution in [1.29, 1.82) is 0 Å². The number of unbranched alkanes of at least 4 members (excludes halogenated alkanes) is 6. The number of hydrogen-bond donors (Lipinski definition) is 0. The van der Waals surface area contributed by atoms with Crippen LogP contribution in [0.1, 0.15) is 71.6 Å². The molecule has 7 heteroatoms. The van der Waals surface area contributed by atoms with Crippen LogP contribution in [0.2, 0.25) is 0 Å². The molecule has 6 nitrogen and oxygen atoms in total. The minimum atomic E-state index is -0.726. The average molecular weight is 539 g/mol. The van der Waals surface area contributed by atoms with Crippen LogP contribution in [0.15, 0.2) is 60.9 Å². The Morgan fingerprint density at radius 1 is 0.763 bits per heavy atom. The SMILES string of the molecule is CCCCCCCCCOc1cnc(-c2ccc(-c3ccc(OC(=O)OCC[C@@H](Cl)CC)cc3)cc2)nc1. The highest BCUT2D eigenvalue weighted by Gasteiger charge is 2.09. The zero-order chi connectivity index (χ0) is 27.0. The number of halogens is 1. The lowest BCUT2D eigenvalue weighted by Gasteiger charge is -2.09. The predicted molar refractivity (Wildman–Crippen MR) is 153 cm³/mol. The van der Waals surface area contributed by atoms with Crippen molar-refractivity contribution in [1.82, 2.24) is 9.97 Å². The largest absolute Gasteiger partial charge is 0.513 e. The maximum absolute atomic E-state index is 11.8. The monoisotopic (exact) mass is 538 g/mol. The van der Waals surface area contributed by atoms with Crippen LogP contribution >= 0.6 is 11.6 Å². The van der Waals surface area contributed by atoms with Gasteiger partial charge in [0.25, 0.3) is 0 Å². The lowest BCUT2D eigenvalue weighted by Crippen LogP contribution is -2.13. The minimum Gasteiger partial charge on any atom is -0.490 e. The van der Waals surface area contributed by atoms with Crippen molar-refractivity contribution in [2.75, 3.05) is 13.2 Å². The summed E-state index contributed by atoms with van der Waals surface area (Å²) in [5, 5.41) is -0.00190. The number of hydrogen-bond acceptors (Lipinski definition) is 6. The van der Waals surface area contributed by atoms with Crippen molar-refractivity contribution in [3.05, 3.63) is 60.9 Å². The van der Waals surface area contributed by atoms with E-state index in [9.17, 15) is 4.79 Å². The van der Waals surface area contributed by atoms with E-state index >= 15 is 0 Å². The summed E-state index contributed by atoms with van der Waals surface area (Å²) in [5.41, 5.74) is 2.96. The van der Waals surface area contributed by atoms with Gasteiger partial charge in [-0.05, 0) is 42.5 Å². The summed E-state index contributed by atoms with van der Waals surface area (Å²) in [5.74, 6) is 1.78. The normalized spacial score (nSPS) is 11.7. The second-order valence-electron chi connectivity index (χ2n) is 9.31. The Bertz CT molecular complexity index is 1070. The number of aromatic nitrogens is 2. The molecule has 3 rings (SSSR count). The number of carbonyl (C=O) groups is 1. The van der Waals surface area contributed by atoms with Crippen LogP contribution in [0.25, 0.3) is 22.5 Å². The molecule has 0 N–H and O–H groups in total. The Kier molecular flexibility index (Phi) is 12.9. The topological polar surface area (TPSA) is 70.5 Å². The van der Waals surface area contributed by atoms with Crippen molar-refractivity contribution in [3.63, 3.8) is 0 Å². The molecule has 0 radical (unpaired) electrons. The fourth-order valence-electron chi connectivity index (χ4n) is 3.92. The molecule has 0 spiro atoms. The van der Waals surface area contributed by atoms with Crippen molar-refractivity contribution in [3.8, 4) is 34.0 Å². The van der Waals surface area contributed by atoms with Gasteiger partial charge in [-0.1, -0.05) is 88.8 Å². The fraction of sp³-hybridized carbons (Fsp3) is 0.452. The lowest BCUT2D eigenvalue weighted by molar-refractivity contribution is 0.0977. The highest BCUT2D eigenvalue weighted by atomic mass is 35.5. The Morgan fingerprint density at radius 2 is 1.34 bits per heavy atom. The van der Waals surface area contributed by atoms with Crippen LogP contribution in [-0.2, 0) is 4.74 Å². The van der Waals surface area contributed by atoms with Gasteiger partial charge in [0.15, 0.2) is 11.6 Å². The first kappa shape index (κ1) is 29.4. The number of rotatable bonds is 16. The van der Waals surface area contributed by atoms with Crippen LogP contribution in [0.5, 0.6) is 11.5 Å². The molecule has 0 unspecified atom stereocenters. The zero-order valence-electron chi connectivity index (χ0n) is 22.5. The van der Waals surface area contributed by atoms with E-state index in [1.54, 1.807) is 24.5 Å². The minimum absolute atomic E-state index is 0.00190. The molecule has 0 aliphatic carbocycles. The van der Waals surface area contributed by atoms with E-state index in [4.69, 9.17) is 25.8 Å². The molecule has 0 bridgehead atoms. The number of ether oxygens (including phenoxy) is 3. The standard InChI is InChI=1S/C31H39ClN2O4/c1-3-5-6-7-8-9-10-20-36-29-22-33-30(34-23-29)26-13-11-24(12-14-26)25-15-17-28(18-16-25)38-31(35)37-21-19-27(32)4-2/h11-18,22-23,27H,3-10,19-21H2,1-2H3/t27-/m0/s1. The lowest BCUT2D eigenvalue weighted by atomic mass is 10.0. The molecule has 0 saturated carbocycles. The third kappa shape index (κ3) is 10.3. The smallest absolute Gasteiger partial charge is 0.490 e. The number of carbonyl (C=O) groups excluding carboxylic acids is 1. The molecule has 0 aliphatic rings. The molecule has 2 aromatic carbocycles. The van der Waals surface area contributed by atoms with Crippen molar-refractivity contribution in [2.45, 2.75) is 77.0 Å². The van der Waals surface area contributed by atoms with Gasteiger partial charge in [0.05, 0.1) is 25.6 Å². The summed E-state index contributed by atoms with van der Waals surface area (Å²) >= 11 is 6.03. The van der Waals surface area contributed by atoms with Crippen LogP contribution < -0.4 is 9.47 Å². The van der Waals surface area contributed by atoms with E-state index in [1.165, 1.54) is 38.5 Å². The van der Waals surface area contributed by atoms with Crippen LogP contribution in [0.4, 0.5) is 4.79 Å². The van der Waals surface area contributed by atoms with Gasteiger partial charge in [0, 0.05) is 10.9 Å². The first-order chi connectivity index (χ1) is 18.6. The summed E-state index contributed by atoms with van der Waals surface area (Å²) in [4.78, 5) is 20.8. The highest BCUT2D eigenvalue weighted by Crippen LogP contribution is 2.25. The van der Waals surface area contributed by atoms with Gasteiger partial charge in [-0.2, -0.15) is 0 Å². The van der Waals surface area contributed by atoms with Gasteiger partial charge < -0.3 is 14.2 Å². The molecule has 0 saturated heterocycles. The first-order valence-corrected chi connectivity index (χ1v) is 14.2. The Hall–Kier alpha value is -3.12. The zero-order valence-corrected chi connectivity index (χ0v) is 23.3. The van der Waals surface area contributed by atoms with Crippen molar-refractivity contribution < 1.29 is 19.0 Å². The van der Waals surface area contributed by atoms with Gasteiger partial charge in [0.1, 0.15) is 5.75 Å². The fourth-order valence-corrected chi connectivity index (χ4v) is 4.01. The quantitative estimate of drug-likeness (QED) is 0.0784. The van der Waals surface area contributed by atoms with E-state index in [-0.39, 0.29) is 12.0 Å². The second kappa shape index (κ2) is 16.7. The van der Waals surface area contributed by atoms with Gasteiger partial charge in [0.2, 0.25) is 0 Å². The van der Waals surface area contributed by atoms with Gasteiger partial charge in [-0.25, -0.2) is 14.8 Å². The second-order valence-corrected chi connectivity index (χ2v) is 9.93. The van der Waals surface area contributed by atoms with Gasteiger partial charge in [-0.15, -0.1) is 11.6 Å². The molecule has 1 heterocycles. The maximum Gasteiger partial charge on any atom is 0.513 e. The van der Waals surface area contributed by atoms with Crippen LogP contribution in [0, 0.1) is 0 Å². The van der Waals surface area contributed by atoms with Crippen LogP contribution in [-0.4, -0.2) is 34.7 Å². The van der Waals surface area contributed by atoms with Gasteiger partial charge >= 0.3 is 6.16 Å². The molecular formula is C31H39ClN2O4. The number of nitrogens with zero attached hydrogens (tertiary/aromatic N) is 2. The summed E-state index contributed by atoms with van der Waals surface area (Å²) in [7, 11) is 0. The van der Waals surface area contributed by atoms with E-state index in [0.29, 0.717) is 30.4 Å². The number of benzene rings is 2. The third-order valence-corrected chi connectivity index (χ3v) is 6.80. The Morgan fingerprint density at radius 3 is 1.97 bits per heavy atom.